The van der Waals surface area contributed by atoms with Crippen molar-refractivity contribution in [3.8, 4) is 0 Å². The Morgan fingerprint density at radius 1 is 1.42 bits per heavy atom. The molecule has 0 rings (SSSR count). The predicted octanol–water partition coefficient (Wildman–Crippen LogP) is -3.72. The standard InChI is InChI=1S/C5H12N2O2S2.Na.H/c6-5(10)11-7(1-3-8)2-4-9;;/h8-9H,1-4H2,(H2,6,10);;/q;+1;-1. The summed E-state index contributed by atoms with van der Waals surface area (Å²) in [6, 6.07) is 0. The van der Waals surface area contributed by atoms with Crippen LogP contribution in [0.3, 0.4) is 0 Å². The zero-order chi connectivity index (χ0) is 8.69. The van der Waals surface area contributed by atoms with Gasteiger partial charge in [-0.2, -0.15) is 0 Å². The van der Waals surface area contributed by atoms with Gasteiger partial charge in [0.15, 0.2) is 0 Å². The van der Waals surface area contributed by atoms with Crippen molar-refractivity contribution in [3.63, 3.8) is 0 Å². The van der Waals surface area contributed by atoms with Crippen molar-refractivity contribution in [2.24, 2.45) is 5.73 Å². The minimum atomic E-state index is 0. The van der Waals surface area contributed by atoms with Crippen molar-refractivity contribution in [2.75, 3.05) is 26.3 Å². The molecular weight excluding hydrogens is 207 g/mol. The molecule has 0 unspecified atom stereocenters. The maximum Gasteiger partial charge on any atom is 1.00 e. The van der Waals surface area contributed by atoms with E-state index in [0.717, 1.165) is 0 Å². The summed E-state index contributed by atoms with van der Waals surface area (Å²) in [5, 5.41) is 17.1. The predicted molar refractivity (Wildman–Crippen MR) is 51.2 cm³/mol. The molecule has 0 atom stereocenters. The van der Waals surface area contributed by atoms with E-state index in [0.29, 0.717) is 17.4 Å². The number of thiocarbonyl (C=S) groups is 1. The summed E-state index contributed by atoms with van der Waals surface area (Å²) in [6.07, 6.45) is 0. The number of hydrogen-bond acceptors (Lipinski definition) is 5. The van der Waals surface area contributed by atoms with Crippen LogP contribution in [-0.2, 0) is 0 Å². The van der Waals surface area contributed by atoms with E-state index in [1.54, 1.807) is 4.31 Å². The Hall–Kier alpha value is 1.12. The van der Waals surface area contributed by atoms with E-state index in [1.165, 1.54) is 11.9 Å². The molecule has 0 fully saturated rings. The van der Waals surface area contributed by atoms with Gasteiger partial charge in [0, 0.05) is 13.1 Å². The average molecular weight is 220 g/mol. The zero-order valence-corrected chi connectivity index (χ0v) is 10.7. The number of aliphatic hydroxyl groups is 2. The van der Waals surface area contributed by atoms with Crippen LogP contribution in [0.1, 0.15) is 1.43 Å². The first-order valence-electron chi connectivity index (χ1n) is 3.14. The number of rotatable bonds is 5. The van der Waals surface area contributed by atoms with Gasteiger partial charge < -0.3 is 17.4 Å². The molecule has 12 heavy (non-hydrogen) atoms. The molecular formula is C5H13N2NaO2S2. The first kappa shape index (κ1) is 15.6. The van der Waals surface area contributed by atoms with Gasteiger partial charge in [-0.05, 0) is 11.9 Å². The minimum Gasteiger partial charge on any atom is -1.00 e. The van der Waals surface area contributed by atoms with E-state index in [1.807, 2.05) is 0 Å². The van der Waals surface area contributed by atoms with E-state index >= 15 is 0 Å². The maximum atomic E-state index is 8.56. The van der Waals surface area contributed by atoms with Crippen LogP contribution in [-0.4, -0.2) is 45.1 Å². The summed E-state index contributed by atoms with van der Waals surface area (Å²) in [7, 11) is 0. The topological polar surface area (TPSA) is 69.7 Å². The molecule has 0 aliphatic carbocycles. The molecule has 0 aliphatic heterocycles. The monoisotopic (exact) mass is 220 g/mol. The van der Waals surface area contributed by atoms with Gasteiger partial charge in [0.1, 0.15) is 4.32 Å². The molecule has 0 aromatic carbocycles. The molecule has 4 N–H and O–H groups in total. The third-order valence-electron chi connectivity index (χ3n) is 0.918. The SMILES string of the molecule is NC(=S)SN(CCO)CCO.[H-].[Na+]. The minimum absolute atomic E-state index is 0. The zero-order valence-electron chi connectivity index (χ0n) is 8.06. The molecule has 0 aliphatic rings. The number of nitrogens with zero attached hydrogens (tertiary/aromatic N) is 1. The summed E-state index contributed by atoms with van der Waals surface area (Å²) in [4.78, 5) is 0. The Balaban J connectivity index is -0.000000500. The normalized spacial score (nSPS) is 9.58. The Morgan fingerprint density at radius 2 is 1.83 bits per heavy atom. The van der Waals surface area contributed by atoms with Crippen molar-refractivity contribution in [1.82, 2.24) is 4.31 Å². The van der Waals surface area contributed by atoms with Crippen molar-refractivity contribution in [2.45, 2.75) is 0 Å². The average Bonchev–Trinajstić information content (AvgIpc) is 1.87. The molecule has 0 heterocycles. The molecule has 0 saturated heterocycles. The van der Waals surface area contributed by atoms with E-state index < -0.39 is 0 Å². The van der Waals surface area contributed by atoms with E-state index in [4.69, 9.17) is 15.9 Å². The number of aliphatic hydroxyl groups excluding tert-OH is 2. The van der Waals surface area contributed by atoms with Crippen molar-refractivity contribution in [3.05, 3.63) is 0 Å². The van der Waals surface area contributed by atoms with E-state index in [2.05, 4.69) is 12.2 Å². The van der Waals surface area contributed by atoms with Gasteiger partial charge in [-0.1, -0.05) is 12.2 Å². The second kappa shape index (κ2) is 10.2. The van der Waals surface area contributed by atoms with Gasteiger partial charge >= 0.3 is 29.6 Å². The summed E-state index contributed by atoms with van der Waals surface area (Å²) >= 11 is 5.81. The van der Waals surface area contributed by atoms with Crippen LogP contribution < -0.4 is 35.3 Å². The van der Waals surface area contributed by atoms with Gasteiger partial charge in [0.25, 0.3) is 0 Å². The second-order valence-electron chi connectivity index (χ2n) is 1.79. The van der Waals surface area contributed by atoms with Crippen LogP contribution in [0, 0.1) is 0 Å². The summed E-state index contributed by atoms with van der Waals surface area (Å²) in [5.74, 6) is 0. The Morgan fingerprint density at radius 3 is 2.08 bits per heavy atom. The van der Waals surface area contributed by atoms with Gasteiger partial charge in [-0.15, -0.1) is 0 Å². The smallest absolute Gasteiger partial charge is 1.00 e. The van der Waals surface area contributed by atoms with Crippen LogP contribution in [0.25, 0.3) is 0 Å². The quantitative estimate of drug-likeness (QED) is 0.251. The van der Waals surface area contributed by atoms with E-state index in [9.17, 15) is 0 Å². The van der Waals surface area contributed by atoms with Gasteiger partial charge in [-0.3, -0.25) is 0 Å². The van der Waals surface area contributed by atoms with Crippen LogP contribution >= 0.6 is 24.2 Å². The fourth-order valence-electron chi connectivity index (χ4n) is 0.553. The Kier molecular flexibility index (Phi) is 13.3. The van der Waals surface area contributed by atoms with Crippen molar-refractivity contribution in [1.29, 1.82) is 0 Å². The Labute approximate surface area is 105 Å². The van der Waals surface area contributed by atoms with Crippen molar-refractivity contribution >= 4 is 28.5 Å². The fraction of sp³-hybridized carbons (Fsp3) is 0.800. The molecule has 0 bridgehead atoms. The first-order valence-corrected chi connectivity index (χ1v) is 4.33. The summed E-state index contributed by atoms with van der Waals surface area (Å²) < 4.78 is 2.01. The summed E-state index contributed by atoms with van der Waals surface area (Å²) in [6.45, 7) is 0.996. The second-order valence-corrected chi connectivity index (χ2v) is 3.62. The van der Waals surface area contributed by atoms with Crippen LogP contribution in [0.5, 0.6) is 0 Å². The molecule has 68 valence electrons. The molecule has 7 heteroatoms. The molecule has 0 aromatic heterocycles. The van der Waals surface area contributed by atoms with Gasteiger partial charge in [0.2, 0.25) is 0 Å². The largest absolute Gasteiger partial charge is 1.00 e. The molecule has 0 amide bonds. The third-order valence-corrected chi connectivity index (χ3v) is 1.94. The summed E-state index contributed by atoms with van der Waals surface area (Å²) in [5.41, 5.74) is 5.24. The third kappa shape index (κ3) is 9.21. The van der Waals surface area contributed by atoms with Crippen LogP contribution in [0.2, 0.25) is 0 Å². The maximum absolute atomic E-state index is 8.56. The molecule has 0 saturated carbocycles. The molecule has 4 nitrogen and oxygen atoms in total. The number of hydrogen-bond donors (Lipinski definition) is 3. The molecule has 0 radical (unpaired) electrons. The number of nitrogens with two attached hydrogens (primary N) is 1. The van der Waals surface area contributed by atoms with Gasteiger partial charge in [0.05, 0.1) is 13.2 Å². The van der Waals surface area contributed by atoms with Gasteiger partial charge in [-0.25, -0.2) is 4.31 Å². The Bertz CT molecular complexity index is 127. The van der Waals surface area contributed by atoms with Crippen molar-refractivity contribution < 1.29 is 41.2 Å². The molecule has 0 spiro atoms. The van der Waals surface area contributed by atoms with Crippen LogP contribution in [0.15, 0.2) is 0 Å². The first-order chi connectivity index (χ1) is 5.20. The molecule has 0 aromatic rings. The fourth-order valence-corrected chi connectivity index (χ4v) is 1.47. The van der Waals surface area contributed by atoms with Crippen LogP contribution in [0.4, 0.5) is 0 Å². The van der Waals surface area contributed by atoms with E-state index in [-0.39, 0.29) is 44.2 Å².